The summed E-state index contributed by atoms with van der Waals surface area (Å²) in [6, 6.07) is 3.93. The van der Waals surface area contributed by atoms with E-state index < -0.39 is 5.97 Å². The number of allylic oxidation sites excluding steroid dienone is 2. The number of hydrogen-bond donors (Lipinski definition) is 1. The van der Waals surface area contributed by atoms with Crippen molar-refractivity contribution in [1.82, 2.24) is 4.98 Å². The Labute approximate surface area is 88.5 Å². The minimum atomic E-state index is -0.681. The summed E-state index contributed by atoms with van der Waals surface area (Å²) in [7, 11) is 0. The summed E-state index contributed by atoms with van der Waals surface area (Å²) in [6.45, 7) is 0. The Morgan fingerprint density at radius 3 is 2.67 bits per heavy atom. The maximum atomic E-state index is 10.8. The molecule has 78 valence electrons. The largest absolute Gasteiger partial charge is 0.481 e. The highest BCUT2D eigenvalue weighted by Crippen LogP contribution is 2.29. The predicted octanol–water partition coefficient (Wildman–Crippen LogP) is 2.35. The van der Waals surface area contributed by atoms with E-state index >= 15 is 0 Å². The van der Waals surface area contributed by atoms with E-state index in [-0.39, 0.29) is 5.92 Å². The van der Waals surface area contributed by atoms with E-state index in [1.807, 2.05) is 18.2 Å². The highest BCUT2D eigenvalue weighted by atomic mass is 16.4. The molecule has 0 fully saturated rings. The Morgan fingerprint density at radius 1 is 1.40 bits per heavy atom. The van der Waals surface area contributed by atoms with Gasteiger partial charge in [-0.3, -0.25) is 9.78 Å². The fraction of sp³-hybridized carbons (Fsp3) is 0.333. The first-order valence-electron chi connectivity index (χ1n) is 5.09. The van der Waals surface area contributed by atoms with Crippen LogP contribution in [-0.4, -0.2) is 16.1 Å². The highest BCUT2D eigenvalue weighted by Gasteiger charge is 2.20. The number of carboxylic acids is 1. The second kappa shape index (κ2) is 4.26. The van der Waals surface area contributed by atoms with Gasteiger partial charge in [-0.2, -0.15) is 0 Å². The van der Waals surface area contributed by atoms with Crippen LogP contribution in [0.2, 0.25) is 0 Å². The first-order valence-corrected chi connectivity index (χ1v) is 5.09. The lowest BCUT2D eigenvalue weighted by Crippen LogP contribution is -2.15. The van der Waals surface area contributed by atoms with Gasteiger partial charge in [-0.1, -0.05) is 6.08 Å². The molecule has 15 heavy (non-hydrogen) atoms. The summed E-state index contributed by atoms with van der Waals surface area (Å²) < 4.78 is 0. The lowest BCUT2D eigenvalue weighted by Gasteiger charge is -2.18. The Hall–Kier alpha value is -1.64. The van der Waals surface area contributed by atoms with Crippen molar-refractivity contribution in [2.24, 2.45) is 5.92 Å². The van der Waals surface area contributed by atoms with Crippen LogP contribution in [0, 0.1) is 5.92 Å². The Bertz CT molecular complexity index is 384. The zero-order chi connectivity index (χ0) is 10.7. The number of aliphatic carboxylic acids is 1. The fourth-order valence-corrected chi connectivity index (χ4v) is 1.89. The molecule has 0 unspecified atom stereocenters. The summed E-state index contributed by atoms with van der Waals surface area (Å²) in [6.07, 6.45) is 7.80. The number of pyridine rings is 1. The molecule has 3 heteroatoms. The molecule has 0 radical (unpaired) electrons. The summed E-state index contributed by atoms with van der Waals surface area (Å²) in [5.41, 5.74) is 2.41. The lowest BCUT2D eigenvalue weighted by molar-refractivity contribution is -0.141. The van der Waals surface area contributed by atoms with E-state index in [2.05, 4.69) is 4.98 Å². The minimum absolute atomic E-state index is 0.199. The molecule has 0 saturated heterocycles. The third kappa shape index (κ3) is 2.24. The molecule has 3 nitrogen and oxygen atoms in total. The molecular weight excluding hydrogens is 190 g/mol. The summed E-state index contributed by atoms with van der Waals surface area (Å²) in [5, 5.41) is 8.86. The van der Waals surface area contributed by atoms with Crippen molar-refractivity contribution < 1.29 is 9.90 Å². The van der Waals surface area contributed by atoms with Crippen LogP contribution >= 0.6 is 0 Å². The van der Waals surface area contributed by atoms with Gasteiger partial charge < -0.3 is 5.11 Å². The second-order valence-electron chi connectivity index (χ2n) is 3.77. The molecule has 0 saturated carbocycles. The molecule has 1 N–H and O–H groups in total. The molecule has 0 bridgehead atoms. The molecule has 0 aliphatic heterocycles. The van der Waals surface area contributed by atoms with Crippen LogP contribution in [0.15, 0.2) is 30.6 Å². The molecule has 1 heterocycles. The molecule has 1 atom stereocenters. The van der Waals surface area contributed by atoms with Gasteiger partial charge in [0.2, 0.25) is 0 Å². The molecule has 1 aliphatic carbocycles. The number of nitrogens with zero attached hydrogens (tertiary/aromatic N) is 1. The van der Waals surface area contributed by atoms with Crippen LogP contribution in [0.25, 0.3) is 5.57 Å². The van der Waals surface area contributed by atoms with Crippen molar-refractivity contribution in [2.45, 2.75) is 19.3 Å². The van der Waals surface area contributed by atoms with E-state index in [4.69, 9.17) is 5.11 Å². The van der Waals surface area contributed by atoms with Gasteiger partial charge in [-0.25, -0.2) is 0 Å². The number of carbonyl (C=O) groups is 1. The third-order valence-electron chi connectivity index (χ3n) is 2.81. The van der Waals surface area contributed by atoms with E-state index in [1.165, 1.54) is 5.57 Å². The number of aromatic nitrogens is 1. The minimum Gasteiger partial charge on any atom is -0.481 e. The molecule has 0 spiro atoms. The highest BCUT2D eigenvalue weighted by molar-refractivity contribution is 5.73. The van der Waals surface area contributed by atoms with Crippen LogP contribution in [0.1, 0.15) is 24.8 Å². The normalized spacial score (nSPS) is 20.8. The zero-order valence-electron chi connectivity index (χ0n) is 8.39. The molecule has 0 aromatic carbocycles. The number of hydrogen-bond acceptors (Lipinski definition) is 2. The van der Waals surface area contributed by atoms with Crippen LogP contribution in [-0.2, 0) is 4.79 Å². The van der Waals surface area contributed by atoms with Crippen molar-refractivity contribution in [3.8, 4) is 0 Å². The molecule has 1 aromatic heterocycles. The zero-order valence-corrected chi connectivity index (χ0v) is 8.39. The quantitative estimate of drug-likeness (QED) is 0.802. The van der Waals surface area contributed by atoms with Gasteiger partial charge in [0.05, 0.1) is 5.92 Å². The maximum absolute atomic E-state index is 10.8. The lowest BCUT2D eigenvalue weighted by atomic mass is 9.87. The molecular formula is C12H13NO2. The average Bonchev–Trinajstić information content (AvgIpc) is 2.30. The number of carboxylic acid groups (broad SMARTS) is 1. The van der Waals surface area contributed by atoms with Crippen molar-refractivity contribution in [2.75, 3.05) is 0 Å². The summed E-state index contributed by atoms with van der Waals surface area (Å²) >= 11 is 0. The summed E-state index contributed by atoms with van der Waals surface area (Å²) in [5.74, 6) is -0.879. The van der Waals surface area contributed by atoms with Gasteiger partial charge in [-0.05, 0) is 42.5 Å². The van der Waals surface area contributed by atoms with Crippen molar-refractivity contribution in [3.63, 3.8) is 0 Å². The second-order valence-corrected chi connectivity index (χ2v) is 3.77. The monoisotopic (exact) mass is 203 g/mol. The third-order valence-corrected chi connectivity index (χ3v) is 2.81. The van der Waals surface area contributed by atoms with Crippen molar-refractivity contribution >= 4 is 11.5 Å². The fourth-order valence-electron chi connectivity index (χ4n) is 1.89. The van der Waals surface area contributed by atoms with E-state index in [0.717, 1.165) is 18.4 Å². The Balaban J connectivity index is 2.12. The van der Waals surface area contributed by atoms with Gasteiger partial charge in [0.1, 0.15) is 0 Å². The average molecular weight is 203 g/mol. The van der Waals surface area contributed by atoms with E-state index in [1.54, 1.807) is 12.4 Å². The van der Waals surface area contributed by atoms with Crippen molar-refractivity contribution in [1.29, 1.82) is 0 Å². The first-order chi connectivity index (χ1) is 7.27. The van der Waals surface area contributed by atoms with E-state index in [0.29, 0.717) is 6.42 Å². The summed E-state index contributed by atoms with van der Waals surface area (Å²) in [4.78, 5) is 14.7. The topological polar surface area (TPSA) is 50.2 Å². The number of rotatable bonds is 2. The Kier molecular flexibility index (Phi) is 2.81. The first kappa shape index (κ1) is 9.90. The molecule has 1 aromatic rings. The standard InChI is InChI=1S/C12H13NO2/c14-12(15)11-3-1-9(2-4-11)10-5-7-13-8-6-10/h1,5-8,11H,2-4H2,(H,14,15)/t11-/m1/s1. The SMILES string of the molecule is O=C(O)[C@@H]1CC=C(c2ccncc2)CC1. The Morgan fingerprint density at radius 2 is 2.13 bits per heavy atom. The van der Waals surface area contributed by atoms with Gasteiger partial charge in [-0.15, -0.1) is 0 Å². The van der Waals surface area contributed by atoms with Crippen LogP contribution in [0.3, 0.4) is 0 Å². The van der Waals surface area contributed by atoms with Gasteiger partial charge >= 0.3 is 5.97 Å². The van der Waals surface area contributed by atoms with Crippen molar-refractivity contribution in [3.05, 3.63) is 36.2 Å². The molecule has 0 amide bonds. The smallest absolute Gasteiger partial charge is 0.306 e. The van der Waals surface area contributed by atoms with E-state index in [9.17, 15) is 4.79 Å². The predicted molar refractivity (Wildman–Crippen MR) is 57.2 cm³/mol. The van der Waals surface area contributed by atoms with Gasteiger partial charge in [0, 0.05) is 12.4 Å². The maximum Gasteiger partial charge on any atom is 0.306 e. The van der Waals surface area contributed by atoms with Crippen LogP contribution in [0.4, 0.5) is 0 Å². The van der Waals surface area contributed by atoms with Crippen LogP contribution in [0.5, 0.6) is 0 Å². The van der Waals surface area contributed by atoms with Crippen LogP contribution < -0.4 is 0 Å². The van der Waals surface area contributed by atoms with Gasteiger partial charge in [0.15, 0.2) is 0 Å². The molecule has 2 rings (SSSR count). The van der Waals surface area contributed by atoms with Gasteiger partial charge in [0.25, 0.3) is 0 Å². The molecule has 1 aliphatic rings.